The van der Waals surface area contributed by atoms with Crippen molar-refractivity contribution < 1.29 is 14.1 Å². The van der Waals surface area contributed by atoms with Crippen molar-refractivity contribution in [2.45, 2.75) is 25.2 Å². The fourth-order valence-electron chi connectivity index (χ4n) is 2.76. The SMILES string of the molecule is COc1ccc(CCC(=O)N2CCC(c3ncon3)C2)cc1. The Bertz CT molecular complexity index is 610. The van der Waals surface area contributed by atoms with Crippen molar-refractivity contribution in [1.29, 1.82) is 0 Å². The number of amides is 1. The number of aryl methyl sites for hydroxylation is 1. The summed E-state index contributed by atoms with van der Waals surface area (Å²) in [6.07, 6.45) is 3.49. The van der Waals surface area contributed by atoms with Crippen molar-refractivity contribution in [2.24, 2.45) is 0 Å². The summed E-state index contributed by atoms with van der Waals surface area (Å²) in [7, 11) is 1.64. The first-order valence-corrected chi connectivity index (χ1v) is 7.43. The van der Waals surface area contributed by atoms with Crippen LogP contribution in [-0.2, 0) is 11.2 Å². The standard InChI is InChI=1S/C16H19N3O3/c1-21-14-5-2-12(3-6-14)4-7-15(20)19-9-8-13(10-19)16-17-11-22-18-16/h2-3,5-6,11,13H,4,7-10H2,1H3. The molecule has 1 aromatic carbocycles. The molecule has 22 heavy (non-hydrogen) atoms. The van der Waals surface area contributed by atoms with Gasteiger partial charge in [0.05, 0.1) is 7.11 Å². The lowest BCUT2D eigenvalue weighted by molar-refractivity contribution is -0.130. The summed E-state index contributed by atoms with van der Waals surface area (Å²) in [4.78, 5) is 18.3. The average Bonchev–Trinajstić information content (AvgIpc) is 3.23. The largest absolute Gasteiger partial charge is 0.497 e. The Kier molecular flexibility index (Phi) is 4.37. The first kappa shape index (κ1) is 14.6. The Morgan fingerprint density at radius 3 is 2.91 bits per heavy atom. The Balaban J connectivity index is 1.50. The third kappa shape index (κ3) is 3.27. The molecular formula is C16H19N3O3. The lowest BCUT2D eigenvalue weighted by Crippen LogP contribution is -2.28. The van der Waals surface area contributed by atoms with Gasteiger partial charge in [0.2, 0.25) is 12.3 Å². The van der Waals surface area contributed by atoms with Gasteiger partial charge in [-0.1, -0.05) is 17.3 Å². The van der Waals surface area contributed by atoms with Crippen molar-refractivity contribution >= 4 is 5.91 Å². The van der Waals surface area contributed by atoms with Crippen molar-refractivity contribution in [3.63, 3.8) is 0 Å². The van der Waals surface area contributed by atoms with Gasteiger partial charge in [0.15, 0.2) is 5.82 Å². The molecule has 6 nitrogen and oxygen atoms in total. The number of carbonyl (C=O) groups is 1. The van der Waals surface area contributed by atoms with E-state index in [1.165, 1.54) is 6.39 Å². The third-order valence-corrected chi connectivity index (χ3v) is 4.07. The van der Waals surface area contributed by atoms with Gasteiger partial charge in [-0.2, -0.15) is 4.98 Å². The predicted molar refractivity (Wildman–Crippen MR) is 79.6 cm³/mol. The minimum Gasteiger partial charge on any atom is -0.497 e. The minimum absolute atomic E-state index is 0.182. The van der Waals surface area contributed by atoms with Crippen LogP contribution in [0.1, 0.15) is 30.1 Å². The van der Waals surface area contributed by atoms with E-state index in [-0.39, 0.29) is 11.8 Å². The summed E-state index contributed by atoms with van der Waals surface area (Å²) in [6.45, 7) is 1.45. The Hall–Kier alpha value is -2.37. The van der Waals surface area contributed by atoms with E-state index in [9.17, 15) is 4.79 Å². The summed E-state index contributed by atoms with van der Waals surface area (Å²) in [5.41, 5.74) is 1.14. The highest BCUT2D eigenvalue weighted by Gasteiger charge is 2.29. The van der Waals surface area contributed by atoms with Crippen LogP contribution >= 0.6 is 0 Å². The maximum Gasteiger partial charge on any atom is 0.222 e. The summed E-state index contributed by atoms with van der Waals surface area (Å²) in [5.74, 6) is 1.91. The molecule has 2 heterocycles. The van der Waals surface area contributed by atoms with Crippen molar-refractivity contribution in [3.8, 4) is 5.75 Å². The molecule has 1 unspecified atom stereocenters. The molecule has 1 fully saturated rings. The molecule has 0 saturated carbocycles. The van der Waals surface area contributed by atoms with Gasteiger partial charge in [-0.15, -0.1) is 0 Å². The van der Waals surface area contributed by atoms with Gasteiger partial charge >= 0.3 is 0 Å². The third-order valence-electron chi connectivity index (χ3n) is 4.07. The highest BCUT2D eigenvalue weighted by Crippen LogP contribution is 2.25. The molecule has 116 valence electrons. The zero-order valence-electron chi connectivity index (χ0n) is 12.6. The van der Waals surface area contributed by atoms with Gasteiger partial charge in [0, 0.05) is 25.4 Å². The minimum atomic E-state index is 0.182. The molecule has 0 spiro atoms. The summed E-state index contributed by atoms with van der Waals surface area (Å²) >= 11 is 0. The number of likely N-dealkylation sites (tertiary alicyclic amines) is 1. The van der Waals surface area contributed by atoms with Crippen LogP contribution in [0.15, 0.2) is 35.2 Å². The van der Waals surface area contributed by atoms with Crippen LogP contribution < -0.4 is 4.74 Å². The Morgan fingerprint density at radius 2 is 2.23 bits per heavy atom. The number of ether oxygens (including phenoxy) is 1. The molecule has 1 amide bonds. The molecule has 0 radical (unpaired) electrons. The number of benzene rings is 1. The van der Waals surface area contributed by atoms with Crippen LogP contribution in [0.25, 0.3) is 0 Å². The topological polar surface area (TPSA) is 68.5 Å². The normalized spacial score (nSPS) is 17.7. The molecule has 0 bridgehead atoms. The van der Waals surface area contributed by atoms with Crippen LogP contribution in [0.4, 0.5) is 0 Å². The van der Waals surface area contributed by atoms with Crippen molar-refractivity contribution in [2.75, 3.05) is 20.2 Å². The van der Waals surface area contributed by atoms with E-state index < -0.39 is 0 Å². The summed E-state index contributed by atoms with van der Waals surface area (Å²) in [6, 6.07) is 7.83. The van der Waals surface area contributed by atoms with Gasteiger partial charge in [-0.3, -0.25) is 4.79 Å². The van der Waals surface area contributed by atoms with Gasteiger partial charge < -0.3 is 14.2 Å². The molecule has 1 aromatic heterocycles. The number of rotatable bonds is 5. The van der Waals surface area contributed by atoms with Crippen LogP contribution in [-0.4, -0.2) is 41.1 Å². The molecule has 6 heteroatoms. The maximum atomic E-state index is 12.3. The molecule has 2 aromatic rings. The average molecular weight is 301 g/mol. The van der Waals surface area contributed by atoms with Gasteiger partial charge in [0.1, 0.15) is 5.75 Å². The van der Waals surface area contributed by atoms with E-state index in [4.69, 9.17) is 9.26 Å². The molecular weight excluding hydrogens is 282 g/mol. The van der Waals surface area contributed by atoms with E-state index >= 15 is 0 Å². The van der Waals surface area contributed by atoms with Crippen LogP contribution in [0.2, 0.25) is 0 Å². The Morgan fingerprint density at radius 1 is 1.41 bits per heavy atom. The first-order chi connectivity index (χ1) is 10.8. The van der Waals surface area contributed by atoms with E-state index in [0.717, 1.165) is 30.7 Å². The smallest absolute Gasteiger partial charge is 0.222 e. The molecule has 1 saturated heterocycles. The van der Waals surface area contributed by atoms with Crippen molar-refractivity contribution in [3.05, 3.63) is 42.0 Å². The number of carbonyl (C=O) groups excluding carboxylic acids is 1. The molecule has 1 aliphatic rings. The lowest BCUT2D eigenvalue weighted by Gasteiger charge is -2.15. The molecule has 0 aliphatic carbocycles. The van der Waals surface area contributed by atoms with Crippen LogP contribution in [0.3, 0.4) is 0 Å². The second-order valence-corrected chi connectivity index (χ2v) is 5.46. The van der Waals surface area contributed by atoms with Gasteiger partial charge in [-0.25, -0.2) is 0 Å². The summed E-state index contributed by atoms with van der Waals surface area (Å²) in [5, 5.41) is 3.87. The number of hydrogen-bond acceptors (Lipinski definition) is 5. The number of aromatic nitrogens is 2. The molecule has 1 aliphatic heterocycles. The van der Waals surface area contributed by atoms with Gasteiger partial charge in [-0.05, 0) is 30.5 Å². The molecule has 1 atom stereocenters. The number of nitrogens with zero attached hydrogens (tertiary/aromatic N) is 3. The highest BCUT2D eigenvalue weighted by atomic mass is 16.5. The predicted octanol–water partition coefficient (Wildman–Crippen LogP) is 2.03. The van der Waals surface area contributed by atoms with E-state index in [0.29, 0.717) is 18.8 Å². The van der Waals surface area contributed by atoms with Crippen LogP contribution in [0, 0.1) is 0 Å². The molecule has 3 rings (SSSR count). The van der Waals surface area contributed by atoms with Crippen LogP contribution in [0.5, 0.6) is 5.75 Å². The zero-order chi connectivity index (χ0) is 15.4. The van der Waals surface area contributed by atoms with E-state index in [1.54, 1.807) is 7.11 Å². The Labute approximate surface area is 129 Å². The second-order valence-electron chi connectivity index (χ2n) is 5.46. The maximum absolute atomic E-state index is 12.3. The monoisotopic (exact) mass is 301 g/mol. The fourth-order valence-corrected chi connectivity index (χ4v) is 2.76. The summed E-state index contributed by atoms with van der Waals surface area (Å²) < 4.78 is 9.90. The first-order valence-electron chi connectivity index (χ1n) is 7.43. The van der Waals surface area contributed by atoms with E-state index in [2.05, 4.69) is 10.1 Å². The lowest BCUT2D eigenvalue weighted by atomic mass is 10.1. The van der Waals surface area contributed by atoms with Crippen molar-refractivity contribution in [1.82, 2.24) is 15.0 Å². The fraction of sp³-hybridized carbons (Fsp3) is 0.438. The number of methoxy groups -OCH3 is 1. The highest BCUT2D eigenvalue weighted by molar-refractivity contribution is 5.76. The molecule has 0 N–H and O–H groups in total. The number of hydrogen-bond donors (Lipinski definition) is 0. The second kappa shape index (κ2) is 6.60. The zero-order valence-corrected chi connectivity index (χ0v) is 12.6. The quantitative estimate of drug-likeness (QED) is 0.845. The van der Waals surface area contributed by atoms with E-state index in [1.807, 2.05) is 29.2 Å². The van der Waals surface area contributed by atoms with Gasteiger partial charge in [0.25, 0.3) is 0 Å².